The van der Waals surface area contributed by atoms with Crippen LogP contribution in [0.4, 0.5) is 4.39 Å². The number of thiophene rings is 1. The van der Waals surface area contributed by atoms with Gasteiger partial charge in [0.2, 0.25) is 6.33 Å². The Kier molecular flexibility index (Phi) is 2.53. The summed E-state index contributed by atoms with van der Waals surface area (Å²) in [4.78, 5) is 8.66. The van der Waals surface area contributed by atoms with E-state index in [1.807, 2.05) is 5.38 Å². The highest BCUT2D eigenvalue weighted by Gasteiger charge is 2.11. The summed E-state index contributed by atoms with van der Waals surface area (Å²) in [7, 11) is 0. The molecule has 17 heavy (non-hydrogen) atoms. The third-order valence-electron chi connectivity index (χ3n) is 2.43. The van der Waals surface area contributed by atoms with E-state index in [4.69, 9.17) is 11.6 Å². The lowest BCUT2D eigenvalue weighted by Gasteiger charge is -2.00. The average Bonchev–Trinajstić information content (AvgIpc) is 2.75. The Labute approximate surface area is 106 Å². The predicted octanol–water partition coefficient (Wildman–Crippen LogP) is 3.95. The third kappa shape index (κ3) is 1.79. The van der Waals surface area contributed by atoms with Crippen LogP contribution in [0, 0.1) is 12.1 Å². The SMILES string of the molecule is Fc1ccc(-c2csc3n[c]nc(Cl)c23)cc1. The van der Waals surface area contributed by atoms with Crippen molar-refractivity contribution >= 4 is 33.2 Å². The van der Waals surface area contributed by atoms with E-state index >= 15 is 0 Å². The number of hydrogen-bond acceptors (Lipinski definition) is 3. The summed E-state index contributed by atoms with van der Waals surface area (Å²) in [5.74, 6) is -0.260. The first-order chi connectivity index (χ1) is 8.25. The minimum Gasteiger partial charge on any atom is -0.214 e. The summed E-state index contributed by atoms with van der Waals surface area (Å²) in [6, 6.07) is 6.26. The molecule has 2 heterocycles. The third-order valence-corrected chi connectivity index (χ3v) is 3.58. The molecule has 0 spiro atoms. The van der Waals surface area contributed by atoms with E-state index in [1.54, 1.807) is 12.1 Å². The van der Waals surface area contributed by atoms with Gasteiger partial charge in [0.25, 0.3) is 0 Å². The minimum atomic E-state index is -0.260. The molecule has 0 aliphatic rings. The summed E-state index contributed by atoms with van der Waals surface area (Å²) in [5.41, 5.74) is 1.82. The second-order valence-electron chi connectivity index (χ2n) is 3.45. The first-order valence-electron chi connectivity index (χ1n) is 4.82. The molecule has 5 heteroatoms. The first kappa shape index (κ1) is 10.6. The van der Waals surface area contributed by atoms with Gasteiger partial charge in [0.15, 0.2) is 0 Å². The Balaban J connectivity index is 2.27. The van der Waals surface area contributed by atoms with Gasteiger partial charge in [-0.2, -0.15) is 0 Å². The Morgan fingerprint density at radius 3 is 2.71 bits per heavy atom. The molecule has 1 radical (unpaired) electrons. The number of rotatable bonds is 1. The maximum Gasteiger partial charge on any atom is 0.200 e. The van der Waals surface area contributed by atoms with Gasteiger partial charge >= 0.3 is 0 Å². The topological polar surface area (TPSA) is 25.8 Å². The van der Waals surface area contributed by atoms with Gasteiger partial charge in [-0.05, 0) is 17.7 Å². The molecular formula is C12H5ClFN2S. The van der Waals surface area contributed by atoms with Crippen LogP contribution in [-0.2, 0) is 0 Å². The molecule has 0 aliphatic carbocycles. The molecule has 0 atom stereocenters. The molecule has 3 aromatic rings. The predicted molar refractivity (Wildman–Crippen MR) is 66.7 cm³/mol. The molecule has 0 bridgehead atoms. The van der Waals surface area contributed by atoms with E-state index in [0.717, 1.165) is 21.3 Å². The fraction of sp³-hybridized carbons (Fsp3) is 0. The number of nitrogens with zero attached hydrogens (tertiary/aromatic N) is 2. The number of hydrogen-bond donors (Lipinski definition) is 0. The fourth-order valence-corrected chi connectivity index (χ4v) is 2.83. The van der Waals surface area contributed by atoms with Gasteiger partial charge in [-0.25, -0.2) is 14.4 Å². The quantitative estimate of drug-likeness (QED) is 0.621. The Bertz CT molecular complexity index is 679. The van der Waals surface area contributed by atoms with E-state index in [-0.39, 0.29) is 5.82 Å². The van der Waals surface area contributed by atoms with Gasteiger partial charge in [0.05, 0.1) is 5.39 Å². The monoisotopic (exact) mass is 263 g/mol. The molecule has 1 aromatic carbocycles. The molecule has 0 aliphatic heterocycles. The van der Waals surface area contributed by atoms with Crippen LogP contribution in [0.15, 0.2) is 29.6 Å². The zero-order chi connectivity index (χ0) is 11.8. The zero-order valence-electron chi connectivity index (χ0n) is 8.45. The van der Waals surface area contributed by atoms with Crippen LogP contribution in [0.3, 0.4) is 0 Å². The number of aromatic nitrogens is 2. The second-order valence-corrected chi connectivity index (χ2v) is 4.67. The molecule has 2 nitrogen and oxygen atoms in total. The van der Waals surface area contributed by atoms with E-state index in [0.29, 0.717) is 5.15 Å². The summed E-state index contributed by atoms with van der Waals surface area (Å²) >= 11 is 7.50. The first-order valence-corrected chi connectivity index (χ1v) is 6.08. The molecule has 3 rings (SSSR count). The van der Waals surface area contributed by atoms with Crippen molar-refractivity contribution in [3.8, 4) is 11.1 Å². The van der Waals surface area contributed by atoms with E-state index in [1.165, 1.54) is 23.5 Å². The lowest BCUT2D eigenvalue weighted by atomic mass is 10.1. The average molecular weight is 264 g/mol. The summed E-state index contributed by atoms with van der Waals surface area (Å²) in [6.07, 6.45) is 2.50. The molecule has 0 unspecified atom stereocenters. The number of benzene rings is 1. The van der Waals surface area contributed by atoms with Crippen molar-refractivity contribution in [2.75, 3.05) is 0 Å². The van der Waals surface area contributed by atoms with Crippen LogP contribution >= 0.6 is 22.9 Å². The largest absolute Gasteiger partial charge is 0.214 e. The Hall–Kier alpha value is -1.52. The van der Waals surface area contributed by atoms with Gasteiger partial charge < -0.3 is 0 Å². The molecule has 83 valence electrons. The van der Waals surface area contributed by atoms with Crippen LogP contribution in [-0.4, -0.2) is 9.97 Å². The van der Waals surface area contributed by atoms with Crippen LogP contribution in [0.1, 0.15) is 0 Å². The number of halogens is 2. The van der Waals surface area contributed by atoms with Gasteiger partial charge in [0, 0.05) is 10.9 Å². The standard InChI is InChI=1S/C12H5ClFN2S/c13-11-10-9(5-17-12(10)16-6-15-11)7-1-3-8(14)4-2-7/h1-5H. The van der Waals surface area contributed by atoms with E-state index in [9.17, 15) is 4.39 Å². The summed E-state index contributed by atoms with van der Waals surface area (Å²) < 4.78 is 12.9. The molecule has 0 saturated heterocycles. The van der Waals surface area contributed by atoms with Crippen LogP contribution in [0.5, 0.6) is 0 Å². The van der Waals surface area contributed by atoms with Gasteiger partial charge in [-0.3, -0.25) is 0 Å². The van der Waals surface area contributed by atoms with Crippen molar-refractivity contribution in [2.24, 2.45) is 0 Å². The normalized spacial score (nSPS) is 10.9. The van der Waals surface area contributed by atoms with E-state index in [2.05, 4.69) is 16.3 Å². The smallest absolute Gasteiger partial charge is 0.200 e. The minimum absolute atomic E-state index is 0.260. The maximum atomic E-state index is 12.9. The molecule has 0 N–H and O–H groups in total. The molecule has 0 amide bonds. The van der Waals surface area contributed by atoms with Crippen molar-refractivity contribution in [2.45, 2.75) is 0 Å². The number of fused-ring (bicyclic) bond motifs is 1. The summed E-state index contributed by atoms with van der Waals surface area (Å²) in [5, 5.41) is 3.10. The fourth-order valence-electron chi connectivity index (χ4n) is 1.64. The van der Waals surface area contributed by atoms with E-state index < -0.39 is 0 Å². The van der Waals surface area contributed by atoms with Crippen LogP contribution in [0.25, 0.3) is 21.3 Å². The van der Waals surface area contributed by atoms with Gasteiger partial charge in [-0.15, -0.1) is 11.3 Å². The van der Waals surface area contributed by atoms with Gasteiger partial charge in [-0.1, -0.05) is 23.7 Å². The lowest BCUT2D eigenvalue weighted by molar-refractivity contribution is 0.628. The maximum absolute atomic E-state index is 12.9. The Morgan fingerprint density at radius 1 is 1.18 bits per heavy atom. The summed E-state index contributed by atoms with van der Waals surface area (Å²) in [6.45, 7) is 0. The molecule has 0 saturated carbocycles. The second kappa shape index (κ2) is 4.05. The van der Waals surface area contributed by atoms with Crippen molar-refractivity contribution in [3.05, 3.63) is 46.9 Å². The van der Waals surface area contributed by atoms with Crippen LogP contribution in [0.2, 0.25) is 5.15 Å². The van der Waals surface area contributed by atoms with Crippen molar-refractivity contribution in [3.63, 3.8) is 0 Å². The van der Waals surface area contributed by atoms with Crippen LogP contribution < -0.4 is 0 Å². The van der Waals surface area contributed by atoms with Crippen molar-refractivity contribution in [1.29, 1.82) is 0 Å². The Morgan fingerprint density at radius 2 is 1.94 bits per heavy atom. The molecule has 2 aromatic heterocycles. The lowest BCUT2D eigenvalue weighted by Crippen LogP contribution is -1.82. The highest BCUT2D eigenvalue weighted by molar-refractivity contribution is 7.17. The van der Waals surface area contributed by atoms with Crippen molar-refractivity contribution in [1.82, 2.24) is 9.97 Å². The highest BCUT2D eigenvalue weighted by atomic mass is 35.5. The molecular weight excluding hydrogens is 259 g/mol. The van der Waals surface area contributed by atoms with Gasteiger partial charge in [0.1, 0.15) is 15.8 Å². The zero-order valence-corrected chi connectivity index (χ0v) is 10.0. The highest BCUT2D eigenvalue weighted by Crippen LogP contribution is 2.35. The molecule has 0 fully saturated rings. The van der Waals surface area contributed by atoms with Crippen molar-refractivity contribution < 1.29 is 4.39 Å².